The molecule has 1 aliphatic rings. The van der Waals surface area contributed by atoms with E-state index in [2.05, 4.69) is 43.5 Å². The Morgan fingerprint density at radius 2 is 2.20 bits per heavy atom. The molecule has 0 N–H and O–H groups in total. The highest BCUT2D eigenvalue weighted by atomic mass is 32.1. The van der Waals surface area contributed by atoms with E-state index in [9.17, 15) is 0 Å². The first-order chi connectivity index (χ1) is 7.15. The fourth-order valence-electron chi connectivity index (χ4n) is 1.73. The summed E-state index contributed by atoms with van der Waals surface area (Å²) in [6, 6.07) is 8.20. The van der Waals surface area contributed by atoms with Crippen LogP contribution in [-0.2, 0) is 0 Å². The van der Waals surface area contributed by atoms with E-state index >= 15 is 0 Å². The number of ether oxygens (including phenoxy) is 1. The summed E-state index contributed by atoms with van der Waals surface area (Å²) in [6.07, 6.45) is 0.335. The van der Waals surface area contributed by atoms with Gasteiger partial charge in [-0.05, 0) is 31.5 Å². The maximum absolute atomic E-state index is 5.84. The van der Waals surface area contributed by atoms with Crippen LogP contribution >= 0.6 is 12.6 Å². The van der Waals surface area contributed by atoms with Gasteiger partial charge in [0.2, 0.25) is 0 Å². The van der Waals surface area contributed by atoms with Crippen LogP contribution in [0.5, 0.6) is 5.75 Å². The molecule has 1 aromatic carbocycles. The lowest BCUT2D eigenvalue weighted by molar-refractivity contribution is 0.0164. The van der Waals surface area contributed by atoms with E-state index in [1.165, 1.54) is 5.56 Å². The largest absolute Gasteiger partial charge is 0.488 e. The third-order valence-corrected chi connectivity index (χ3v) is 3.02. The molecule has 1 aromatic rings. The first-order valence-electron chi connectivity index (χ1n) is 5.30. The van der Waals surface area contributed by atoms with Crippen molar-refractivity contribution in [2.24, 2.45) is 0 Å². The second-order valence-electron chi connectivity index (χ2n) is 4.14. The normalized spacial score (nSPS) is 19.7. The summed E-state index contributed by atoms with van der Waals surface area (Å²) < 4.78 is 5.84. The Labute approximate surface area is 96.6 Å². The van der Waals surface area contributed by atoms with E-state index in [0.29, 0.717) is 11.5 Å². The molecule has 0 bridgehead atoms. The highest BCUT2D eigenvalue weighted by Gasteiger charge is 2.30. The Morgan fingerprint density at radius 3 is 2.80 bits per heavy atom. The summed E-state index contributed by atoms with van der Waals surface area (Å²) in [4.78, 5) is 2.28. The van der Waals surface area contributed by atoms with Crippen LogP contribution < -0.4 is 4.74 Å². The Balaban J connectivity index is 1.85. The number of likely N-dealkylation sites (tertiary alicyclic amines) is 1. The van der Waals surface area contributed by atoms with E-state index < -0.39 is 0 Å². The number of nitrogens with zero attached hydrogens (tertiary/aromatic N) is 1. The van der Waals surface area contributed by atoms with Gasteiger partial charge in [0.05, 0.1) is 5.37 Å². The molecule has 0 saturated carbocycles. The molecular weight excluding hydrogens is 206 g/mol. The number of hydrogen-bond donors (Lipinski definition) is 1. The maximum Gasteiger partial charge on any atom is 0.124 e. The summed E-state index contributed by atoms with van der Waals surface area (Å²) in [6.45, 7) is 6.14. The quantitative estimate of drug-likeness (QED) is 0.790. The molecule has 3 heteroatoms. The number of benzene rings is 1. The Hall–Kier alpha value is -0.670. The summed E-state index contributed by atoms with van der Waals surface area (Å²) in [5, 5.41) is 0.336. The molecule has 0 radical (unpaired) electrons. The van der Waals surface area contributed by atoms with Gasteiger partial charge >= 0.3 is 0 Å². The molecule has 0 spiro atoms. The molecule has 1 unspecified atom stereocenters. The molecule has 1 atom stereocenters. The first kappa shape index (κ1) is 10.8. The Morgan fingerprint density at radius 1 is 1.47 bits per heavy atom. The SMILES string of the molecule is Cc1cccc(OC2CN(C(C)S)C2)c1. The highest BCUT2D eigenvalue weighted by Crippen LogP contribution is 2.21. The van der Waals surface area contributed by atoms with Gasteiger partial charge in [-0.3, -0.25) is 4.90 Å². The van der Waals surface area contributed by atoms with Gasteiger partial charge < -0.3 is 4.74 Å². The zero-order valence-electron chi connectivity index (χ0n) is 9.18. The molecule has 2 nitrogen and oxygen atoms in total. The molecule has 0 aromatic heterocycles. The Bertz CT molecular complexity index is 334. The van der Waals surface area contributed by atoms with Crippen molar-refractivity contribution in [2.45, 2.75) is 25.3 Å². The van der Waals surface area contributed by atoms with E-state index in [-0.39, 0.29) is 0 Å². The zero-order valence-corrected chi connectivity index (χ0v) is 10.1. The lowest BCUT2D eigenvalue weighted by atomic mass is 10.1. The lowest BCUT2D eigenvalue weighted by Gasteiger charge is -2.41. The van der Waals surface area contributed by atoms with Crippen LogP contribution in [0.2, 0.25) is 0 Å². The third-order valence-electron chi connectivity index (χ3n) is 2.70. The number of aryl methyl sites for hydroxylation is 1. The fraction of sp³-hybridized carbons (Fsp3) is 0.500. The number of rotatable bonds is 3. The van der Waals surface area contributed by atoms with Gasteiger partial charge in [0.25, 0.3) is 0 Å². The minimum atomic E-state index is 0.335. The number of thiol groups is 1. The second kappa shape index (κ2) is 4.45. The van der Waals surface area contributed by atoms with Crippen LogP contribution in [0.4, 0.5) is 0 Å². The lowest BCUT2D eigenvalue weighted by Crippen LogP contribution is -2.55. The van der Waals surface area contributed by atoms with Crippen molar-refractivity contribution in [3.63, 3.8) is 0 Å². The summed E-state index contributed by atoms with van der Waals surface area (Å²) in [7, 11) is 0. The van der Waals surface area contributed by atoms with Crippen molar-refractivity contribution in [1.82, 2.24) is 4.90 Å². The topological polar surface area (TPSA) is 12.5 Å². The second-order valence-corrected chi connectivity index (χ2v) is 4.89. The van der Waals surface area contributed by atoms with Crippen molar-refractivity contribution in [3.05, 3.63) is 29.8 Å². The van der Waals surface area contributed by atoms with Gasteiger partial charge in [-0.25, -0.2) is 0 Å². The van der Waals surface area contributed by atoms with Crippen LogP contribution in [0.3, 0.4) is 0 Å². The van der Waals surface area contributed by atoms with Gasteiger partial charge in [-0.15, -0.1) is 0 Å². The molecule has 0 amide bonds. The van der Waals surface area contributed by atoms with E-state index in [1.54, 1.807) is 0 Å². The smallest absolute Gasteiger partial charge is 0.124 e. The first-order valence-corrected chi connectivity index (χ1v) is 5.82. The molecule has 0 aliphatic carbocycles. The summed E-state index contributed by atoms with van der Waals surface area (Å²) >= 11 is 4.38. The van der Waals surface area contributed by atoms with Crippen molar-refractivity contribution in [2.75, 3.05) is 13.1 Å². The number of hydrogen-bond acceptors (Lipinski definition) is 3. The molecular formula is C12H17NOS. The third kappa shape index (κ3) is 2.67. The van der Waals surface area contributed by atoms with Gasteiger partial charge in [-0.1, -0.05) is 12.1 Å². The maximum atomic E-state index is 5.84. The van der Waals surface area contributed by atoms with Gasteiger partial charge in [0.15, 0.2) is 0 Å². The minimum Gasteiger partial charge on any atom is -0.488 e. The highest BCUT2D eigenvalue weighted by molar-refractivity contribution is 7.80. The molecule has 82 valence electrons. The molecule has 15 heavy (non-hydrogen) atoms. The molecule has 1 heterocycles. The van der Waals surface area contributed by atoms with Crippen LogP contribution in [0.25, 0.3) is 0 Å². The van der Waals surface area contributed by atoms with Gasteiger partial charge in [0.1, 0.15) is 11.9 Å². The average Bonchev–Trinajstić information content (AvgIpc) is 2.10. The van der Waals surface area contributed by atoms with Crippen molar-refractivity contribution in [1.29, 1.82) is 0 Å². The van der Waals surface area contributed by atoms with Crippen LogP contribution in [0.1, 0.15) is 12.5 Å². The van der Waals surface area contributed by atoms with Crippen molar-refractivity contribution >= 4 is 12.6 Å². The standard InChI is InChI=1S/C12H17NOS/c1-9-4-3-5-11(6-9)14-12-7-13(8-12)10(2)15/h3-6,10,12,15H,7-8H2,1-2H3. The van der Waals surface area contributed by atoms with Gasteiger partial charge in [-0.2, -0.15) is 12.6 Å². The van der Waals surface area contributed by atoms with E-state index in [0.717, 1.165) is 18.8 Å². The monoisotopic (exact) mass is 223 g/mol. The molecule has 1 fully saturated rings. The van der Waals surface area contributed by atoms with Crippen LogP contribution in [-0.4, -0.2) is 29.5 Å². The molecule has 1 saturated heterocycles. The Kier molecular flexibility index (Phi) is 3.22. The summed E-state index contributed by atoms with van der Waals surface area (Å²) in [5.41, 5.74) is 1.24. The predicted octanol–water partition coefficient (Wildman–Crippen LogP) is 2.33. The van der Waals surface area contributed by atoms with Gasteiger partial charge in [0, 0.05) is 13.1 Å². The fourth-order valence-corrected chi connectivity index (χ4v) is 1.92. The van der Waals surface area contributed by atoms with Crippen molar-refractivity contribution in [3.8, 4) is 5.75 Å². The zero-order chi connectivity index (χ0) is 10.8. The molecule has 2 rings (SSSR count). The predicted molar refractivity (Wildman–Crippen MR) is 65.6 cm³/mol. The van der Waals surface area contributed by atoms with Crippen LogP contribution in [0, 0.1) is 6.92 Å². The minimum absolute atomic E-state index is 0.335. The van der Waals surface area contributed by atoms with Crippen molar-refractivity contribution < 1.29 is 4.74 Å². The van der Waals surface area contributed by atoms with E-state index in [1.807, 2.05) is 12.1 Å². The van der Waals surface area contributed by atoms with Crippen LogP contribution in [0.15, 0.2) is 24.3 Å². The van der Waals surface area contributed by atoms with E-state index in [4.69, 9.17) is 4.74 Å². The summed E-state index contributed by atoms with van der Waals surface area (Å²) in [5.74, 6) is 0.978. The molecule has 1 aliphatic heterocycles. The average molecular weight is 223 g/mol.